The van der Waals surface area contributed by atoms with Gasteiger partial charge < -0.3 is 5.32 Å². The summed E-state index contributed by atoms with van der Waals surface area (Å²) >= 11 is 3.61. The van der Waals surface area contributed by atoms with Gasteiger partial charge in [-0.25, -0.2) is 0 Å². The quantitative estimate of drug-likeness (QED) is 0.893. The van der Waals surface area contributed by atoms with Crippen molar-refractivity contribution >= 4 is 21.8 Å². The van der Waals surface area contributed by atoms with Crippen LogP contribution in [0.25, 0.3) is 0 Å². The highest BCUT2D eigenvalue weighted by Gasteiger charge is 2.21. The van der Waals surface area contributed by atoms with Crippen molar-refractivity contribution < 1.29 is 4.79 Å². The van der Waals surface area contributed by atoms with Crippen LogP contribution >= 0.6 is 15.9 Å². The second kappa shape index (κ2) is 5.80. The molecule has 102 valence electrons. The number of rotatable bonds is 2. The molecule has 0 saturated carbocycles. The van der Waals surface area contributed by atoms with E-state index in [9.17, 15) is 4.79 Å². The fraction of sp³-hybridized carbons (Fsp3) is 0.235. The van der Waals surface area contributed by atoms with Crippen LogP contribution in [-0.4, -0.2) is 11.9 Å². The van der Waals surface area contributed by atoms with Crippen LogP contribution in [0.5, 0.6) is 0 Å². The Morgan fingerprint density at radius 2 is 1.90 bits per heavy atom. The molecule has 0 radical (unpaired) electrons. The highest BCUT2D eigenvalue weighted by molar-refractivity contribution is 9.10. The molecule has 20 heavy (non-hydrogen) atoms. The molecular weight excluding hydrogens is 314 g/mol. The molecule has 1 atom stereocenters. The van der Waals surface area contributed by atoms with Gasteiger partial charge >= 0.3 is 0 Å². The van der Waals surface area contributed by atoms with Gasteiger partial charge in [-0.15, -0.1) is 0 Å². The number of nitrogens with one attached hydrogen (secondary N) is 1. The summed E-state index contributed by atoms with van der Waals surface area (Å²) in [6.45, 7) is 0. The van der Waals surface area contributed by atoms with Gasteiger partial charge in [0, 0.05) is 16.1 Å². The molecule has 0 heterocycles. The summed E-state index contributed by atoms with van der Waals surface area (Å²) in [4.78, 5) is 12.2. The second-order valence-corrected chi connectivity index (χ2v) is 6.01. The third-order valence-electron chi connectivity index (χ3n) is 3.80. The van der Waals surface area contributed by atoms with Gasteiger partial charge in [0.05, 0.1) is 0 Å². The number of hydrogen-bond donors (Lipinski definition) is 1. The normalized spacial score (nSPS) is 17.4. The number of carbonyl (C=O) groups excluding carboxylic acids is 1. The number of benzene rings is 2. The van der Waals surface area contributed by atoms with Crippen molar-refractivity contribution in [2.24, 2.45) is 0 Å². The van der Waals surface area contributed by atoms with E-state index in [4.69, 9.17) is 0 Å². The Hall–Kier alpha value is -1.61. The molecule has 0 saturated heterocycles. The van der Waals surface area contributed by atoms with Crippen LogP contribution in [0.15, 0.2) is 53.0 Å². The van der Waals surface area contributed by atoms with E-state index in [-0.39, 0.29) is 11.9 Å². The van der Waals surface area contributed by atoms with Crippen LogP contribution < -0.4 is 5.32 Å². The number of fused-ring (bicyclic) bond motifs is 1. The van der Waals surface area contributed by atoms with E-state index in [1.54, 1.807) is 0 Å². The molecule has 1 N–H and O–H groups in total. The van der Waals surface area contributed by atoms with Gasteiger partial charge in [0.25, 0.3) is 5.91 Å². The van der Waals surface area contributed by atoms with E-state index in [1.807, 2.05) is 30.3 Å². The minimum absolute atomic E-state index is 0.0195. The van der Waals surface area contributed by atoms with E-state index < -0.39 is 0 Å². The molecule has 1 aliphatic carbocycles. The second-order valence-electron chi connectivity index (χ2n) is 5.16. The Morgan fingerprint density at radius 3 is 2.70 bits per heavy atom. The molecular formula is C17H16BrNO. The smallest absolute Gasteiger partial charge is 0.251 e. The van der Waals surface area contributed by atoms with Gasteiger partial charge in [-0.2, -0.15) is 0 Å². The molecule has 0 fully saturated rings. The van der Waals surface area contributed by atoms with E-state index >= 15 is 0 Å². The molecule has 0 bridgehead atoms. The van der Waals surface area contributed by atoms with Crippen LogP contribution in [-0.2, 0) is 12.8 Å². The minimum atomic E-state index is 0.0195. The molecule has 2 aromatic carbocycles. The van der Waals surface area contributed by atoms with E-state index in [0.717, 1.165) is 29.3 Å². The number of halogens is 1. The van der Waals surface area contributed by atoms with Crippen molar-refractivity contribution in [1.29, 1.82) is 0 Å². The highest BCUT2D eigenvalue weighted by Crippen LogP contribution is 2.28. The molecule has 2 nitrogen and oxygen atoms in total. The van der Waals surface area contributed by atoms with Crippen LogP contribution in [0.2, 0.25) is 0 Å². The molecule has 3 heteroatoms. The Bertz CT molecular complexity index is 624. The number of aryl methyl sites for hydroxylation is 1. The Morgan fingerprint density at radius 1 is 1.10 bits per heavy atom. The molecule has 3 rings (SSSR count). The minimum Gasteiger partial charge on any atom is -0.349 e. The highest BCUT2D eigenvalue weighted by atomic mass is 79.9. The number of hydrogen-bond acceptors (Lipinski definition) is 1. The summed E-state index contributed by atoms with van der Waals surface area (Å²) in [5.41, 5.74) is 3.45. The molecule has 0 aromatic heterocycles. The monoisotopic (exact) mass is 329 g/mol. The number of carbonyl (C=O) groups is 1. The summed E-state index contributed by atoms with van der Waals surface area (Å²) < 4.78 is 1.15. The zero-order valence-electron chi connectivity index (χ0n) is 11.1. The first-order valence-corrected chi connectivity index (χ1v) is 7.65. The molecule has 1 unspecified atom stereocenters. The summed E-state index contributed by atoms with van der Waals surface area (Å²) in [5, 5.41) is 3.14. The number of amides is 1. The van der Waals surface area contributed by atoms with Crippen molar-refractivity contribution in [3.8, 4) is 0 Å². The molecule has 0 aliphatic heterocycles. The fourth-order valence-corrected chi connectivity index (χ4v) is 3.29. The van der Waals surface area contributed by atoms with Gasteiger partial charge in [-0.1, -0.05) is 46.3 Å². The maximum Gasteiger partial charge on any atom is 0.251 e. The molecule has 1 aliphatic rings. The first-order chi connectivity index (χ1) is 9.74. The predicted octanol–water partition coefficient (Wildman–Crippen LogP) is 3.74. The summed E-state index contributed by atoms with van der Waals surface area (Å²) in [6.07, 6.45) is 2.92. The maximum absolute atomic E-state index is 12.2. The average molecular weight is 330 g/mol. The summed E-state index contributed by atoms with van der Waals surface area (Å²) in [7, 11) is 0. The van der Waals surface area contributed by atoms with E-state index in [0.29, 0.717) is 0 Å². The van der Waals surface area contributed by atoms with Crippen molar-refractivity contribution in [2.45, 2.75) is 25.3 Å². The first kappa shape index (κ1) is 13.4. The molecule has 0 spiro atoms. The predicted molar refractivity (Wildman–Crippen MR) is 83.9 cm³/mol. The lowest BCUT2D eigenvalue weighted by Gasteiger charge is -2.26. The van der Waals surface area contributed by atoms with Crippen molar-refractivity contribution in [1.82, 2.24) is 5.32 Å². The van der Waals surface area contributed by atoms with Crippen molar-refractivity contribution in [2.75, 3.05) is 0 Å². The Labute approximate surface area is 127 Å². The Kier molecular flexibility index (Phi) is 3.88. The Balaban J connectivity index is 1.72. The van der Waals surface area contributed by atoms with Crippen LogP contribution in [0.3, 0.4) is 0 Å². The lowest BCUT2D eigenvalue weighted by molar-refractivity contribution is 0.0933. The third kappa shape index (κ3) is 2.78. The summed E-state index contributed by atoms with van der Waals surface area (Å²) in [6, 6.07) is 15.9. The molecule has 1 amide bonds. The standard InChI is InChI=1S/C17H16BrNO/c18-16-8-4-7-12-9-10-14(11-15(12)16)19-17(20)13-5-2-1-3-6-13/h1-8,14H,9-11H2,(H,19,20). The van der Waals surface area contributed by atoms with Crippen LogP contribution in [0.4, 0.5) is 0 Å². The zero-order valence-corrected chi connectivity index (χ0v) is 12.7. The first-order valence-electron chi connectivity index (χ1n) is 6.86. The molecule has 2 aromatic rings. The fourth-order valence-electron chi connectivity index (χ4n) is 2.73. The average Bonchev–Trinajstić information content (AvgIpc) is 2.49. The third-order valence-corrected chi connectivity index (χ3v) is 4.54. The summed E-state index contributed by atoms with van der Waals surface area (Å²) in [5.74, 6) is 0.0195. The lowest BCUT2D eigenvalue weighted by Crippen LogP contribution is -2.38. The SMILES string of the molecule is O=C(NC1CCc2cccc(Br)c2C1)c1ccccc1. The van der Waals surface area contributed by atoms with Gasteiger partial charge in [0.1, 0.15) is 0 Å². The van der Waals surface area contributed by atoms with Gasteiger partial charge in [-0.05, 0) is 48.6 Å². The van der Waals surface area contributed by atoms with Gasteiger partial charge in [0.15, 0.2) is 0 Å². The largest absolute Gasteiger partial charge is 0.349 e. The van der Waals surface area contributed by atoms with Gasteiger partial charge in [0.2, 0.25) is 0 Å². The van der Waals surface area contributed by atoms with Crippen molar-refractivity contribution in [3.63, 3.8) is 0 Å². The van der Waals surface area contributed by atoms with E-state index in [1.165, 1.54) is 11.1 Å². The van der Waals surface area contributed by atoms with Crippen LogP contribution in [0.1, 0.15) is 27.9 Å². The van der Waals surface area contributed by atoms with Gasteiger partial charge in [-0.3, -0.25) is 4.79 Å². The maximum atomic E-state index is 12.2. The van der Waals surface area contributed by atoms with E-state index in [2.05, 4.69) is 39.4 Å². The zero-order chi connectivity index (χ0) is 13.9. The lowest BCUT2D eigenvalue weighted by atomic mass is 9.88. The van der Waals surface area contributed by atoms with Crippen molar-refractivity contribution in [3.05, 3.63) is 69.7 Å². The van der Waals surface area contributed by atoms with Crippen LogP contribution in [0, 0.1) is 0 Å². The topological polar surface area (TPSA) is 29.1 Å².